The Morgan fingerprint density at radius 3 is 1.82 bits per heavy atom. The van der Waals surface area contributed by atoms with E-state index in [1.54, 1.807) is 24.3 Å². The summed E-state index contributed by atoms with van der Waals surface area (Å²) in [6, 6.07) is 13.7. The van der Waals surface area contributed by atoms with Crippen LogP contribution in [0.2, 0.25) is 0 Å². The second kappa shape index (κ2) is 9.61. The SMILES string of the molecule is CC(=O)c1ccc(O)cc1.CCCCCc1ccc(O)cc1. The van der Waals surface area contributed by atoms with E-state index in [0.29, 0.717) is 11.3 Å². The van der Waals surface area contributed by atoms with Crippen LogP contribution in [-0.2, 0) is 6.42 Å². The first-order chi connectivity index (χ1) is 10.5. The number of hydrogen-bond acceptors (Lipinski definition) is 3. The first-order valence-corrected chi connectivity index (χ1v) is 7.60. The minimum atomic E-state index is 0.0139. The van der Waals surface area contributed by atoms with Crippen LogP contribution in [0.1, 0.15) is 49.0 Å². The number of aryl methyl sites for hydroxylation is 1. The van der Waals surface area contributed by atoms with E-state index >= 15 is 0 Å². The fraction of sp³-hybridized carbons (Fsp3) is 0.316. The van der Waals surface area contributed by atoms with Crippen LogP contribution in [-0.4, -0.2) is 16.0 Å². The molecule has 0 heterocycles. The quantitative estimate of drug-likeness (QED) is 0.620. The van der Waals surface area contributed by atoms with Crippen molar-refractivity contribution in [1.82, 2.24) is 0 Å². The van der Waals surface area contributed by atoms with Crippen molar-refractivity contribution in [2.45, 2.75) is 39.5 Å². The molecule has 0 bridgehead atoms. The highest BCUT2D eigenvalue weighted by Gasteiger charge is 1.96. The number of rotatable bonds is 5. The first kappa shape index (κ1) is 17.8. The summed E-state index contributed by atoms with van der Waals surface area (Å²) in [4.78, 5) is 10.7. The van der Waals surface area contributed by atoms with Gasteiger partial charge in [-0.25, -0.2) is 0 Å². The van der Waals surface area contributed by atoms with Gasteiger partial charge in [-0.2, -0.15) is 0 Å². The second-order valence-corrected chi connectivity index (χ2v) is 5.23. The van der Waals surface area contributed by atoms with Crippen LogP contribution in [0.25, 0.3) is 0 Å². The molecule has 0 atom stereocenters. The number of phenols is 2. The summed E-state index contributed by atoms with van der Waals surface area (Å²) in [6.07, 6.45) is 4.94. The van der Waals surface area contributed by atoms with Crippen molar-refractivity contribution in [3.05, 3.63) is 59.7 Å². The lowest BCUT2D eigenvalue weighted by Crippen LogP contribution is -1.89. The number of phenolic OH excluding ortho intramolecular Hbond substituents is 2. The number of carbonyl (C=O) groups is 1. The summed E-state index contributed by atoms with van der Waals surface area (Å²) >= 11 is 0. The lowest BCUT2D eigenvalue weighted by Gasteiger charge is -1.99. The van der Waals surface area contributed by atoms with Crippen LogP contribution >= 0.6 is 0 Å². The fourth-order valence-corrected chi connectivity index (χ4v) is 1.94. The number of carbonyl (C=O) groups excluding carboxylic acids is 1. The van der Waals surface area contributed by atoms with Crippen molar-refractivity contribution < 1.29 is 15.0 Å². The Balaban J connectivity index is 0.000000224. The zero-order valence-electron chi connectivity index (χ0n) is 13.2. The number of Topliss-reactive ketones (excluding diaryl/α,β-unsaturated/α-hetero) is 1. The number of ketones is 1. The van der Waals surface area contributed by atoms with Crippen molar-refractivity contribution in [2.24, 2.45) is 0 Å². The molecule has 0 saturated heterocycles. The van der Waals surface area contributed by atoms with Gasteiger partial charge in [-0.1, -0.05) is 31.9 Å². The largest absolute Gasteiger partial charge is 0.508 e. The third kappa shape index (κ3) is 6.93. The first-order valence-electron chi connectivity index (χ1n) is 7.60. The molecule has 0 unspecified atom stereocenters. The minimum absolute atomic E-state index is 0.0139. The van der Waals surface area contributed by atoms with Gasteiger partial charge in [0.05, 0.1) is 0 Å². The Kier molecular flexibility index (Phi) is 7.76. The smallest absolute Gasteiger partial charge is 0.159 e. The highest BCUT2D eigenvalue weighted by Crippen LogP contribution is 2.12. The summed E-state index contributed by atoms with van der Waals surface area (Å²) < 4.78 is 0. The van der Waals surface area contributed by atoms with E-state index in [1.165, 1.54) is 43.9 Å². The molecule has 22 heavy (non-hydrogen) atoms. The maximum atomic E-state index is 10.7. The molecular formula is C19H24O3. The van der Waals surface area contributed by atoms with Gasteiger partial charge in [-0.3, -0.25) is 4.79 Å². The van der Waals surface area contributed by atoms with E-state index in [2.05, 4.69) is 6.92 Å². The van der Waals surface area contributed by atoms with Crippen LogP contribution in [0, 0.1) is 0 Å². The summed E-state index contributed by atoms with van der Waals surface area (Å²) in [6.45, 7) is 3.70. The molecule has 0 saturated carbocycles. The highest BCUT2D eigenvalue weighted by molar-refractivity contribution is 5.94. The van der Waals surface area contributed by atoms with E-state index < -0.39 is 0 Å². The maximum absolute atomic E-state index is 10.7. The third-order valence-corrected chi connectivity index (χ3v) is 3.28. The number of unbranched alkanes of at least 4 members (excludes halogenated alkanes) is 2. The Morgan fingerprint density at radius 2 is 1.36 bits per heavy atom. The van der Waals surface area contributed by atoms with Crippen molar-refractivity contribution in [3.63, 3.8) is 0 Å². The zero-order valence-corrected chi connectivity index (χ0v) is 13.2. The molecule has 0 fully saturated rings. The molecule has 0 radical (unpaired) electrons. The van der Waals surface area contributed by atoms with E-state index in [0.717, 1.165) is 6.42 Å². The molecule has 0 aliphatic carbocycles. The summed E-state index contributed by atoms with van der Waals surface area (Å²) in [5, 5.41) is 17.9. The predicted octanol–water partition coefficient (Wildman–Crippen LogP) is 4.72. The minimum Gasteiger partial charge on any atom is -0.508 e. The average molecular weight is 300 g/mol. The standard InChI is InChI=1S/C11H16O.C8H8O2/c1-2-3-4-5-10-6-8-11(12)9-7-10;1-6(9)7-2-4-8(10)5-3-7/h6-9,12H,2-5H2,1H3;2-5,10H,1H3. The Bertz CT molecular complexity index is 556. The molecule has 0 aliphatic heterocycles. The van der Waals surface area contributed by atoms with Crippen molar-refractivity contribution in [1.29, 1.82) is 0 Å². The van der Waals surface area contributed by atoms with Crippen molar-refractivity contribution >= 4 is 5.78 Å². The van der Waals surface area contributed by atoms with Crippen molar-refractivity contribution in [2.75, 3.05) is 0 Å². The number of hydrogen-bond donors (Lipinski definition) is 2. The fourth-order valence-electron chi connectivity index (χ4n) is 1.94. The molecular weight excluding hydrogens is 276 g/mol. The predicted molar refractivity (Wildman–Crippen MR) is 89.4 cm³/mol. The van der Waals surface area contributed by atoms with Gasteiger partial charge in [0, 0.05) is 5.56 Å². The van der Waals surface area contributed by atoms with Gasteiger partial charge in [0.1, 0.15) is 11.5 Å². The number of aromatic hydroxyl groups is 2. The molecule has 2 aromatic carbocycles. The van der Waals surface area contributed by atoms with Crippen LogP contribution in [0.3, 0.4) is 0 Å². The molecule has 0 amide bonds. The average Bonchev–Trinajstić information content (AvgIpc) is 2.51. The Hall–Kier alpha value is -2.29. The second-order valence-electron chi connectivity index (χ2n) is 5.23. The molecule has 2 aromatic rings. The molecule has 3 nitrogen and oxygen atoms in total. The Labute approximate surface area is 132 Å². The Morgan fingerprint density at radius 1 is 0.864 bits per heavy atom. The summed E-state index contributed by atoms with van der Waals surface area (Å²) in [5.74, 6) is 0.555. The lowest BCUT2D eigenvalue weighted by atomic mass is 10.1. The number of benzene rings is 2. The molecule has 2 rings (SSSR count). The third-order valence-electron chi connectivity index (χ3n) is 3.28. The molecule has 0 aliphatic rings. The van der Waals surface area contributed by atoms with Gasteiger partial charge in [-0.05, 0) is 61.7 Å². The molecule has 0 spiro atoms. The van der Waals surface area contributed by atoms with Crippen LogP contribution in [0.4, 0.5) is 0 Å². The van der Waals surface area contributed by atoms with Gasteiger partial charge in [0.2, 0.25) is 0 Å². The van der Waals surface area contributed by atoms with E-state index in [1.807, 2.05) is 12.1 Å². The molecule has 0 aromatic heterocycles. The summed E-state index contributed by atoms with van der Waals surface area (Å²) in [5.41, 5.74) is 1.94. The van der Waals surface area contributed by atoms with Gasteiger partial charge >= 0.3 is 0 Å². The van der Waals surface area contributed by atoms with Crippen LogP contribution < -0.4 is 0 Å². The van der Waals surface area contributed by atoms with E-state index in [9.17, 15) is 4.79 Å². The van der Waals surface area contributed by atoms with E-state index in [-0.39, 0.29) is 11.5 Å². The molecule has 118 valence electrons. The lowest BCUT2D eigenvalue weighted by molar-refractivity contribution is 0.101. The molecule has 3 heteroatoms. The van der Waals surface area contributed by atoms with Gasteiger partial charge in [-0.15, -0.1) is 0 Å². The van der Waals surface area contributed by atoms with Crippen LogP contribution in [0.5, 0.6) is 11.5 Å². The van der Waals surface area contributed by atoms with Gasteiger partial charge < -0.3 is 10.2 Å². The summed E-state index contributed by atoms with van der Waals surface area (Å²) in [7, 11) is 0. The van der Waals surface area contributed by atoms with Crippen LogP contribution in [0.15, 0.2) is 48.5 Å². The maximum Gasteiger partial charge on any atom is 0.159 e. The molecule has 2 N–H and O–H groups in total. The monoisotopic (exact) mass is 300 g/mol. The highest BCUT2D eigenvalue weighted by atomic mass is 16.3. The zero-order chi connectivity index (χ0) is 16.4. The topological polar surface area (TPSA) is 57.5 Å². The van der Waals surface area contributed by atoms with E-state index in [4.69, 9.17) is 10.2 Å². The van der Waals surface area contributed by atoms with Gasteiger partial charge in [0.25, 0.3) is 0 Å². The van der Waals surface area contributed by atoms with Crippen molar-refractivity contribution in [3.8, 4) is 11.5 Å². The van der Waals surface area contributed by atoms with Gasteiger partial charge in [0.15, 0.2) is 5.78 Å². The normalized spacial score (nSPS) is 9.73.